The van der Waals surface area contributed by atoms with Gasteiger partial charge in [0.15, 0.2) is 11.5 Å². The number of nitrogens with one attached hydrogen (secondary N) is 4. The van der Waals surface area contributed by atoms with Gasteiger partial charge in [-0.1, -0.05) is 18.2 Å². The lowest BCUT2D eigenvalue weighted by atomic mass is 9.97. The van der Waals surface area contributed by atoms with Crippen molar-refractivity contribution in [2.45, 2.75) is 18.8 Å². The van der Waals surface area contributed by atoms with Crippen LogP contribution in [0.25, 0.3) is 11.1 Å². The molecule has 2 aliphatic rings. The molecule has 0 spiro atoms. The van der Waals surface area contributed by atoms with Crippen molar-refractivity contribution in [3.05, 3.63) is 54.0 Å². The van der Waals surface area contributed by atoms with E-state index in [2.05, 4.69) is 36.4 Å². The number of carbonyl (C=O) groups is 2. The standard InChI is InChI=1S/C25H27N7O3/c1-26-25(34)22-20(10-21(31-32-22)30-24(33)14-6-7-14)29-19-5-3-4-17(23(19)35-2)15-8-9-18(28-13-15)16-11-27-12-16/h3-5,8-10,13-14,16,27H,6-7,11-12H2,1-2H3,(H,26,34)(H2,29,30,31,33). The molecule has 2 fully saturated rings. The zero-order valence-corrected chi connectivity index (χ0v) is 19.6. The number of carbonyl (C=O) groups excluding carboxylic acids is 2. The largest absolute Gasteiger partial charge is 0.494 e. The van der Waals surface area contributed by atoms with Crippen LogP contribution in [0.3, 0.4) is 0 Å². The van der Waals surface area contributed by atoms with Crippen LogP contribution in [0.2, 0.25) is 0 Å². The highest BCUT2D eigenvalue weighted by molar-refractivity contribution is 6.00. The van der Waals surface area contributed by atoms with Gasteiger partial charge in [0, 0.05) is 61.1 Å². The van der Waals surface area contributed by atoms with Crippen LogP contribution >= 0.6 is 0 Å². The van der Waals surface area contributed by atoms with E-state index in [9.17, 15) is 9.59 Å². The van der Waals surface area contributed by atoms with Crippen molar-refractivity contribution in [3.8, 4) is 16.9 Å². The van der Waals surface area contributed by atoms with Gasteiger partial charge in [0.1, 0.15) is 5.75 Å². The third kappa shape index (κ3) is 4.78. The zero-order chi connectivity index (χ0) is 24.4. The number of pyridine rings is 1. The van der Waals surface area contributed by atoms with Gasteiger partial charge in [-0.05, 0) is 25.0 Å². The third-order valence-corrected chi connectivity index (χ3v) is 6.22. The van der Waals surface area contributed by atoms with Crippen molar-refractivity contribution in [2.75, 3.05) is 37.9 Å². The number of ether oxygens (including phenoxy) is 1. The van der Waals surface area contributed by atoms with E-state index in [1.807, 2.05) is 36.5 Å². The summed E-state index contributed by atoms with van der Waals surface area (Å²) in [5.41, 5.74) is 3.97. The minimum Gasteiger partial charge on any atom is -0.494 e. The van der Waals surface area contributed by atoms with E-state index < -0.39 is 5.91 Å². The highest BCUT2D eigenvalue weighted by Crippen LogP contribution is 2.38. The molecule has 0 radical (unpaired) electrons. The molecular formula is C25H27N7O3. The van der Waals surface area contributed by atoms with Crippen LogP contribution in [-0.2, 0) is 4.79 Å². The lowest BCUT2D eigenvalue weighted by Gasteiger charge is -2.26. The predicted molar refractivity (Wildman–Crippen MR) is 132 cm³/mol. The molecule has 35 heavy (non-hydrogen) atoms. The second-order valence-electron chi connectivity index (χ2n) is 8.67. The lowest BCUT2D eigenvalue weighted by Crippen LogP contribution is -2.40. The minimum absolute atomic E-state index is 0.0177. The SMILES string of the molecule is CNC(=O)c1nnc(NC(=O)C2CC2)cc1Nc1cccc(-c2ccc(C3CNC3)nc2)c1OC. The van der Waals surface area contributed by atoms with Gasteiger partial charge in [-0.15, -0.1) is 10.2 Å². The number of amides is 2. The lowest BCUT2D eigenvalue weighted by molar-refractivity contribution is -0.117. The fourth-order valence-electron chi connectivity index (χ4n) is 3.94. The number of rotatable bonds is 8. The smallest absolute Gasteiger partial charge is 0.273 e. The summed E-state index contributed by atoms with van der Waals surface area (Å²) in [5.74, 6) is 0.847. The first-order chi connectivity index (χ1) is 17.1. The molecule has 10 heteroatoms. The van der Waals surface area contributed by atoms with Gasteiger partial charge >= 0.3 is 0 Å². The number of anilines is 3. The summed E-state index contributed by atoms with van der Waals surface area (Å²) in [6.45, 7) is 1.90. The Morgan fingerprint density at radius 2 is 1.91 bits per heavy atom. The van der Waals surface area contributed by atoms with Crippen molar-refractivity contribution >= 4 is 29.0 Å². The molecule has 1 saturated carbocycles. The van der Waals surface area contributed by atoms with Crippen molar-refractivity contribution in [3.63, 3.8) is 0 Å². The Kier molecular flexibility index (Phi) is 6.28. The van der Waals surface area contributed by atoms with Crippen LogP contribution in [0.5, 0.6) is 5.75 Å². The van der Waals surface area contributed by atoms with Gasteiger partial charge in [0.25, 0.3) is 5.91 Å². The van der Waals surface area contributed by atoms with Crippen LogP contribution in [0.4, 0.5) is 17.2 Å². The molecule has 3 heterocycles. The summed E-state index contributed by atoms with van der Waals surface area (Å²) >= 11 is 0. The Labute approximate surface area is 202 Å². The highest BCUT2D eigenvalue weighted by Gasteiger charge is 2.30. The fraction of sp³-hybridized carbons (Fsp3) is 0.320. The van der Waals surface area contributed by atoms with Crippen molar-refractivity contribution in [1.82, 2.24) is 25.8 Å². The third-order valence-electron chi connectivity index (χ3n) is 6.22. The topological polar surface area (TPSA) is 130 Å². The van der Waals surface area contributed by atoms with Gasteiger partial charge in [0.05, 0.1) is 18.5 Å². The molecule has 2 amide bonds. The number of nitrogens with zero attached hydrogens (tertiary/aromatic N) is 3. The second-order valence-corrected chi connectivity index (χ2v) is 8.67. The summed E-state index contributed by atoms with van der Waals surface area (Å²) in [5, 5.41) is 19.9. The maximum atomic E-state index is 12.5. The Balaban J connectivity index is 1.46. The summed E-state index contributed by atoms with van der Waals surface area (Å²) in [6, 6.07) is 11.4. The first-order valence-electron chi connectivity index (χ1n) is 11.6. The normalized spacial score (nSPS) is 15.1. The van der Waals surface area contributed by atoms with E-state index >= 15 is 0 Å². The molecule has 10 nitrogen and oxygen atoms in total. The number of hydrogen-bond acceptors (Lipinski definition) is 8. The van der Waals surface area contributed by atoms with Crippen LogP contribution in [0, 0.1) is 5.92 Å². The molecule has 1 aliphatic carbocycles. The van der Waals surface area contributed by atoms with Gasteiger partial charge in [-0.2, -0.15) is 0 Å². The molecule has 180 valence electrons. The molecule has 0 bridgehead atoms. The number of methoxy groups -OCH3 is 1. The molecule has 1 aliphatic heterocycles. The molecule has 1 saturated heterocycles. The van der Waals surface area contributed by atoms with Crippen LogP contribution in [-0.4, -0.2) is 54.2 Å². The van der Waals surface area contributed by atoms with Gasteiger partial charge in [0.2, 0.25) is 5.91 Å². The van der Waals surface area contributed by atoms with E-state index in [0.29, 0.717) is 23.0 Å². The first-order valence-corrected chi connectivity index (χ1v) is 11.6. The van der Waals surface area contributed by atoms with E-state index in [4.69, 9.17) is 4.74 Å². The number of hydrogen-bond donors (Lipinski definition) is 4. The molecular weight excluding hydrogens is 446 g/mol. The molecule has 0 atom stereocenters. The summed E-state index contributed by atoms with van der Waals surface area (Å²) in [4.78, 5) is 29.3. The Morgan fingerprint density at radius 1 is 1.09 bits per heavy atom. The summed E-state index contributed by atoms with van der Waals surface area (Å²) < 4.78 is 5.77. The van der Waals surface area contributed by atoms with Crippen LogP contribution < -0.4 is 26.0 Å². The maximum absolute atomic E-state index is 12.5. The van der Waals surface area contributed by atoms with E-state index in [-0.39, 0.29) is 23.3 Å². The van der Waals surface area contributed by atoms with Crippen molar-refractivity contribution in [1.29, 1.82) is 0 Å². The predicted octanol–water partition coefficient (Wildman–Crippen LogP) is 2.69. The fourth-order valence-corrected chi connectivity index (χ4v) is 3.94. The van der Waals surface area contributed by atoms with Crippen molar-refractivity contribution in [2.24, 2.45) is 5.92 Å². The van der Waals surface area contributed by atoms with Crippen LogP contribution in [0.1, 0.15) is 34.9 Å². The van der Waals surface area contributed by atoms with E-state index in [1.165, 1.54) is 7.05 Å². The van der Waals surface area contributed by atoms with E-state index in [0.717, 1.165) is 42.8 Å². The molecule has 2 aromatic heterocycles. The number of para-hydroxylation sites is 1. The molecule has 0 unspecified atom stereocenters. The highest BCUT2D eigenvalue weighted by atomic mass is 16.5. The summed E-state index contributed by atoms with van der Waals surface area (Å²) in [7, 11) is 3.12. The monoisotopic (exact) mass is 473 g/mol. The van der Waals surface area contributed by atoms with Gasteiger partial charge in [-0.3, -0.25) is 14.6 Å². The average Bonchev–Trinajstić information content (AvgIpc) is 3.69. The first kappa shape index (κ1) is 22.7. The van der Waals surface area contributed by atoms with Gasteiger partial charge in [-0.25, -0.2) is 0 Å². The average molecular weight is 474 g/mol. The Hall–Kier alpha value is -4.05. The van der Waals surface area contributed by atoms with Crippen molar-refractivity contribution < 1.29 is 14.3 Å². The maximum Gasteiger partial charge on any atom is 0.273 e. The van der Waals surface area contributed by atoms with E-state index in [1.54, 1.807) is 13.2 Å². The summed E-state index contributed by atoms with van der Waals surface area (Å²) in [6.07, 6.45) is 3.60. The quantitative estimate of drug-likeness (QED) is 0.393. The molecule has 3 aromatic rings. The minimum atomic E-state index is -0.402. The van der Waals surface area contributed by atoms with Gasteiger partial charge < -0.3 is 26.0 Å². The molecule has 1 aromatic carbocycles. The number of benzene rings is 1. The Morgan fingerprint density at radius 3 is 2.54 bits per heavy atom. The second kappa shape index (κ2) is 9.67. The van der Waals surface area contributed by atoms with Crippen LogP contribution in [0.15, 0.2) is 42.6 Å². The molecule has 4 N–H and O–H groups in total. The molecule has 5 rings (SSSR count). The zero-order valence-electron chi connectivity index (χ0n) is 19.6. The number of aromatic nitrogens is 3. The Bertz CT molecular complexity index is 1250.